The largest absolute Gasteiger partial charge is 0.497 e. The van der Waals surface area contributed by atoms with Gasteiger partial charge in [-0.15, -0.1) is 0 Å². The highest BCUT2D eigenvalue weighted by Gasteiger charge is 2.28. The molecule has 0 bridgehead atoms. The Morgan fingerprint density at radius 3 is 2.42 bits per heavy atom. The number of hydrogen-bond acceptors (Lipinski definition) is 4. The van der Waals surface area contributed by atoms with E-state index in [1.807, 2.05) is 24.3 Å². The monoisotopic (exact) mass is 355 g/mol. The van der Waals surface area contributed by atoms with Crippen LogP contribution in [0.5, 0.6) is 11.5 Å². The van der Waals surface area contributed by atoms with Crippen molar-refractivity contribution < 1.29 is 14.2 Å². The quantitative estimate of drug-likeness (QED) is 0.674. The van der Waals surface area contributed by atoms with E-state index in [0.29, 0.717) is 25.0 Å². The minimum Gasteiger partial charge on any atom is -0.497 e. The molecule has 4 nitrogen and oxygen atoms in total. The van der Waals surface area contributed by atoms with Gasteiger partial charge in [0.25, 0.3) is 0 Å². The fourth-order valence-electron chi connectivity index (χ4n) is 3.65. The number of nitrogens with zero attached hydrogens (tertiary/aromatic N) is 1. The summed E-state index contributed by atoms with van der Waals surface area (Å²) in [5.41, 5.74) is 1.43. The van der Waals surface area contributed by atoms with Crippen LogP contribution in [0.2, 0.25) is 0 Å². The predicted molar refractivity (Wildman–Crippen MR) is 104 cm³/mol. The predicted octanol–water partition coefficient (Wildman–Crippen LogP) is 3.83. The van der Waals surface area contributed by atoms with Crippen molar-refractivity contribution in [3.8, 4) is 11.5 Å². The maximum absolute atomic E-state index is 5.96. The zero-order chi connectivity index (χ0) is 18.2. The van der Waals surface area contributed by atoms with Gasteiger partial charge in [0.15, 0.2) is 0 Å². The second-order valence-corrected chi connectivity index (χ2v) is 6.93. The molecule has 1 aliphatic rings. The van der Waals surface area contributed by atoms with Crippen LogP contribution in [0.25, 0.3) is 0 Å². The number of ether oxygens (including phenoxy) is 3. The molecule has 0 N–H and O–H groups in total. The normalized spacial score (nSPS) is 20.7. The smallest absolute Gasteiger partial charge is 0.119 e. The molecule has 2 aromatic rings. The Hall–Kier alpha value is -2.04. The van der Waals surface area contributed by atoms with E-state index in [1.165, 1.54) is 12.0 Å². The van der Waals surface area contributed by atoms with Gasteiger partial charge in [-0.2, -0.15) is 0 Å². The Bertz CT molecular complexity index is 644. The average Bonchev–Trinajstić information content (AvgIpc) is 2.69. The van der Waals surface area contributed by atoms with Crippen molar-refractivity contribution in [2.45, 2.75) is 12.3 Å². The van der Waals surface area contributed by atoms with Gasteiger partial charge in [0, 0.05) is 12.5 Å². The minimum atomic E-state index is 0.525. The van der Waals surface area contributed by atoms with Crippen molar-refractivity contribution in [2.75, 3.05) is 47.1 Å². The molecule has 1 aliphatic heterocycles. The van der Waals surface area contributed by atoms with Crippen LogP contribution in [0.15, 0.2) is 54.6 Å². The van der Waals surface area contributed by atoms with Gasteiger partial charge in [0.05, 0.1) is 20.3 Å². The Morgan fingerprint density at radius 2 is 1.69 bits per heavy atom. The van der Waals surface area contributed by atoms with Crippen LogP contribution in [0, 0.1) is 5.92 Å². The zero-order valence-corrected chi connectivity index (χ0v) is 15.8. The summed E-state index contributed by atoms with van der Waals surface area (Å²) in [6.45, 7) is 4.17. The van der Waals surface area contributed by atoms with Gasteiger partial charge in [-0.1, -0.05) is 30.3 Å². The molecule has 0 saturated carbocycles. The standard InChI is InChI=1S/C22H29NO3/c1-23-13-12-22(18-6-4-3-5-7-18)19(16-23)17-25-14-15-26-21-10-8-20(24-2)9-11-21/h3-11,19,22H,12-17H2,1-2H3/t19-,22-/m0/s1. The van der Waals surface area contributed by atoms with Crippen molar-refractivity contribution in [1.29, 1.82) is 0 Å². The van der Waals surface area contributed by atoms with Crippen molar-refractivity contribution in [3.05, 3.63) is 60.2 Å². The van der Waals surface area contributed by atoms with Crippen LogP contribution >= 0.6 is 0 Å². The van der Waals surface area contributed by atoms with E-state index in [9.17, 15) is 0 Å². The summed E-state index contributed by atoms with van der Waals surface area (Å²) >= 11 is 0. The van der Waals surface area contributed by atoms with E-state index in [2.05, 4.69) is 42.3 Å². The van der Waals surface area contributed by atoms with Crippen LogP contribution in [-0.2, 0) is 4.74 Å². The minimum absolute atomic E-state index is 0.525. The van der Waals surface area contributed by atoms with Gasteiger partial charge in [0.1, 0.15) is 18.1 Å². The molecule has 0 unspecified atom stereocenters. The molecule has 2 atom stereocenters. The molecule has 4 heteroatoms. The average molecular weight is 355 g/mol. The molecule has 140 valence electrons. The molecule has 2 aromatic carbocycles. The summed E-state index contributed by atoms with van der Waals surface area (Å²) in [6.07, 6.45) is 1.19. The number of benzene rings is 2. The highest BCUT2D eigenvalue weighted by atomic mass is 16.5. The van der Waals surface area contributed by atoms with E-state index in [4.69, 9.17) is 14.2 Å². The van der Waals surface area contributed by atoms with E-state index < -0.39 is 0 Å². The van der Waals surface area contributed by atoms with Gasteiger partial charge >= 0.3 is 0 Å². The molecular formula is C22H29NO3. The molecule has 0 spiro atoms. The Kier molecular flexibility index (Phi) is 6.92. The van der Waals surface area contributed by atoms with Crippen LogP contribution < -0.4 is 9.47 Å². The van der Waals surface area contributed by atoms with Crippen LogP contribution in [0.1, 0.15) is 17.9 Å². The molecular weight excluding hydrogens is 326 g/mol. The zero-order valence-electron chi connectivity index (χ0n) is 15.8. The fraction of sp³-hybridized carbons (Fsp3) is 0.455. The lowest BCUT2D eigenvalue weighted by Gasteiger charge is -2.37. The van der Waals surface area contributed by atoms with E-state index in [-0.39, 0.29) is 0 Å². The first-order valence-electron chi connectivity index (χ1n) is 9.34. The first-order valence-corrected chi connectivity index (χ1v) is 9.34. The Morgan fingerprint density at radius 1 is 0.962 bits per heavy atom. The number of likely N-dealkylation sites (tertiary alicyclic amines) is 1. The SMILES string of the molecule is COc1ccc(OCCOC[C@@H]2CN(C)CC[C@H]2c2ccccc2)cc1. The van der Waals surface area contributed by atoms with E-state index in [1.54, 1.807) is 7.11 Å². The summed E-state index contributed by atoms with van der Waals surface area (Å²) in [5.74, 6) is 2.78. The lowest BCUT2D eigenvalue weighted by Crippen LogP contribution is -2.39. The van der Waals surface area contributed by atoms with Gasteiger partial charge < -0.3 is 19.1 Å². The number of rotatable bonds is 8. The van der Waals surface area contributed by atoms with Gasteiger partial charge in [-0.05, 0) is 55.8 Å². The maximum atomic E-state index is 5.96. The number of methoxy groups -OCH3 is 1. The lowest BCUT2D eigenvalue weighted by atomic mass is 9.81. The van der Waals surface area contributed by atoms with Crippen molar-refractivity contribution in [3.63, 3.8) is 0 Å². The lowest BCUT2D eigenvalue weighted by molar-refractivity contribution is 0.0415. The third-order valence-electron chi connectivity index (χ3n) is 5.05. The van der Waals surface area contributed by atoms with E-state index >= 15 is 0 Å². The second-order valence-electron chi connectivity index (χ2n) is 6.93. The molecule has 0 amide bonds. The first-order chi connectivity index (χ1) is 12.8. The summed E-state index contributed by atoms with van der Waals surface area (Å²) < 4.78 is 16.9. The molecule has 1 fully saturated rings. The van der Waals surface area contributed by atoms with Crippen LogP contribution in [0.4, 0.5) is 0 Å². The molecule has 26 heavy (non-hydrogen) atoms. The van der Waals surface area contributed by atoms with Gasteiger partial charge in [-0.3, -0.25) is 0 Å². The van der Waals surface area contributed by atoms with Gasteiger partial charge in [-0.25, -0.2) is 0 Å². The summed E-state index contributed by atoms with van der Waals surface area (Å²) in [6, 6.07) is 18.5. The van der Waals surface area contributed by atoms with Crippen molar-refractivity contribution in [2.24, 2.45) is 5.92 Å². The fourth-order valence-corrected chi connectivity index (χ4v) is 3.65. The summed E-state index contributed by atoms with van der Waals surface area (Å²) in [5, 5.41) is 0. The summed E-state index contributed by atoms with van der Waals surface area (Å²) in [7, 11) is 3.86. The van der Waals surface area contributed by atoms with Crippen molar-refractivity contribution >= 4 is 0 Å². The van der Waals surface area contributed by atoms with Crippen LogP contribution in [0.3, 0.4) is 0 Å². The molecule has 1 heterocycles. The summed E-state index contributed by atoms with van der Waals surface area (Å²) in [4.78, 5) is 2.40. The third-order valence-corrected chi connectivity index (χ3v) is 5.05. The number of hydrogen-bond donors (Lipinski definition) is 0. The Labute approximate surface area is 156 Å². The third kappa shape index (κ3) is 5.23. The first kappa shape index (κ1) is 18.7. The van der Waals surface area contributed by atoms with Crippen LogP contribution in [-0.4, -0.2) is 52.0 Å². The van der Waals surface area contributed by atoms with Crippen molar-refractivity contribution in [1.82, 2.24) is 4.90 Å². The molecule has 0 aliphatic carbocycles. The van der Waals surface area contributed by atoms with E-state index in [0.717, 1.165) is 31.2 Å². The molecule has 3 rings (SSSR count). The topological polar surface area (TPSA) is 30.9 Å². The Balaban J connectivity index is 1.44. The molecule has 0 aromatic heterocycles. The second kappa shape index (κ2) is 9.60. The molecule has 1 saturated heterocycles. The highest BCUT2D eigenvalue weighted by Crippen LogP contribution is 2.32. The molecule has 0 radical (unpaired) electrons. The maximum Gasteiger partial charge on any atom is 0.119 e. The number of piperidine rings is 1. The van der Waals surface area contributed by atoms with Gasteiger partial charge in [0.2, 0.25) is 0 Å². The highest BCUT2D eigenvalue weighted by molar-refractivity contribution is 5.31.